The van der Waals surface area contributed by atoms with Crippen LogP contribution in [0.15, 0.2) is 12.1 Å². The molecular weight excluding hydrogens is 212 g/mol. The minimum Gasteiger partial charge on any atom is -0.398 e. The Bertz CT molecular complexity index is 388. The van der Waals surface area contributed by atoms with Crippen LogP contribution in [0.1, 0.15) is 19.4 Å². The first-order valence-corrected chi connectivity index (χ1v) is 5.16. The molecule has 0 atom stereocenters. The van der Waals surface area contributed by atoms with E-state index in [4.69, 9.17) is 17.3 Å². The Labute approximate surface area is 94.6 Å². The van der Waals surface area contributed by atoms with Gasteiger partial charge in [-0.3, -0.25) is 4.79 Å². The first-order valence-electron chi connectivity index (χ1n) is 4.78. The zero-order valence-corrected chi connectivity index (χ0v) is 9.85. The summed E-state index contributed by atoms with van der Waals surface area (Å²) in [5.74, 6) is -0.0836. The van der Waals surface area contributed by atoms with E-state index in [1.807, 2.05) is 20.8 Å². The fourth-order valence-corrected chi connectivity index (χ4v) is 1.28. The highest BCUT2D eigenvalue weighted by Gasteiger charge is 2.10. The summed E-state index contributed by atoms with van der Waals surface area (Å²) in [6.45, 7) is 5.55. The van der Waals surface area contributed by atoms with Crippen LogP contribution in [0, 0.1) is 12.8 Å². The van der Waals surface area contributed by atoms with Gasteiger partial charge in [-0.05, 0) is 24.6 Å². The van der Waals surface area contributed by atoms with Gasteiger partial charge in [0, 0.05) is 11.6 Å². The minimum atomic E-state index is -0.0549. The van der Waals surface area contributed by atoms with Crippen molar-refractivity contribution in [2.45, 2.75) is 20.8 Å². The monoisotopic (exact) mass is 226 g/mol. The zero-order valence-electron chi connectivity index (χ0n) is 9.10. The van der Waals surface area contributed by atoms with Crippen LogP contribution in [0.4, 0.5) is 11.4 Å². The Hall–Kier alpha value is -1.22. The number of nitrogens with two attached hydrogens (primary N) is 1. The van der Waals surface area contributed by atoms with Crippen LogP contribution >= 0.6 is 11.6 Å². The molecule has 0 bridgehead atoms. The van der Waals surface area contributed by atoms with Crippen LogP contribution in [0.5, 0.6) is 0 Å². The van der Waals surface area contributed by atoms with Gasteiger partial charge in [-0.25, -0.2) is 0 Å². The van der Waals surface area contributed by atoms with Crippen molar-refractivity contribution in [1.29, 1.82) is 0 Å². The maximum atomic E-state index is 11.5. The third-order valence-electron chi connectivity index (χ3n) is 2.13. The topological polar surface area (TPSA) is 55.1 Å². The summed E-state index contributed by atoms with van der Waals surface area (Å²) < 4.78 is 0. The van der Waals surface area contributed by atoms with E-state index in [2.05, 4.69) is 5.32 Å². The molecule has 0 aliphatic carbocycles. The molecule has 0 unspecified atom stereocenters. The number of carbonyl (C=O) groups excluding carboxylic acids is 1. The molecule has 0 fully saturated rings. The van der Waals surface area contributed by atoms with Gasteiger partial charge in [0.15, 0.2) is 0 Å². The van der Waals surface area contributed by atoms with Crippen LogP contribution in [0.25, 0.3) is 0 Å². The Balaban J connectivity index is 2.96. The van der Waals surface area contributed by atoms with Crippen LogP contribution in [0.3, 0.4) is 0 Å². The lowest BCUT2D eigenvalue weighted by atomic mass is 10.1. The predicted octanol–water partition coefficient (Wildman–Crippen LogP) is 2.83. The van der Waals surface area contributed by atoms with Crippen LogP contribution in [-0.2, 0) is 4.79 Å². The quantitative estimate of drug-likeness (QED) is 0.762. The molecule has 1 aromatic rings. The average Bonchev–Trinajstić information content (AvgIpc) is 2.13. The van der Waals surface area contributed by atoms with E-state index in [1.54, 1.807) is 12.1 Å². The molecule has 0 saturated carbocycles. The molecule has 1 aromatic carbocycles. The van der Waals surface area contributed by atoms with Gasteiger partial charge in [-0.1, -0.05) is 25.4 Å². The Morgan fingerprint density at radius 1 is 1.47 bits per heavy atom. The lowest BCUT2D eigenvalue weighted by Gasteiger charge is -2.11. The third-order valence-corrected chi connectivity index (χ3v) is 2.45. The Morgan fingerprint density at radius 3 is 2.60 bits per heavy atom. The number of carbonyl (C=O) groups is 1. The summed E-state index contributed by atoms with van der Waals surface area (Å²) in [7, 11) is 0. The van der Waals surface area contributed by atoms with E-state index in [-0.39, 0.29) is 11.8 Å². The molecule has 0 spiro atoms. The van der Waals surface area contributed by atoms with Crippen molar-refractivity contribution in [3.63, 3.8) is 0 Å². The Kier molecular flexibility index (Phi) is 3.58. The number of hydrogen-bond donors (Lipinski definition) is 2. The number of aryl methyl sites for hydroxylation is 1. The number of nitrogen functional groups attached to an aromatic ring is 1. The van der Waals surface area contributed by atoms with Crippen molar-refractivity contribution in [3.8, 4) is 0 Å². The predicted molar refractivity (Wildman–Crippen MR) is 64.1 cm³/mol. The SMILES string of the molecule is Cc1cc(N)c(Cl)cc1NC(=O)C(C)C. The van der Waals surface area contributed by atoms with E-state index in [0.29, 0.717) is 16.4 Å². The van der Waals surface area contributed by atoms with Gasteiger partial charge in [0.1, 0.15) is 0 Å². The second-order valence-electron chi connectivity index (χ2n) is 3.83. The van der Waals surface area contributed by atoms with E-state index >= 15 is 0 Å². The van der Waals surface area contributed by atoms with Gasteiger partial charge in [0.25, 0.3) is 0 Å². The molecule has 1 amide bonds. The molecule has 15 heavy (non-hydrogen) atoms. The lowest BCUT2D eigenvalue weighted by molar-refractivity contribution is -0.118. The maximum Gasteiger partial charge on any atom is 0.226 e. The van der Waals surface area contributed by atoms with Crippen molar-refractivity contribution in [2.75, 3.05) is 11.1 Å². The number of amides is 1. The number of halogens is 1. The molecule has 0 aliphatic rings. The van der Waals surface area contributed by atoms with Crippen LogP contribution in [0.2, 0.25) is 5.02 Å². The molecule has 0 radical (unpaired) electrons. The van der Waals surface area contributed by atoms with Gasteiger partial charge in [-0.2, -0.15) is 0 Å². The summed E-state index contributed by atoms with van der Waals surface area (Å²) in [5.41, 5.74) is 7.78. The fourth-order valence-electron chi connectivity index (χ4n) is 1.12. The molecule has 4 heteroatoms. The third kappa shape index (κ3) is 2.86. The summed E-state index contributed by atoms with van der Waals surface area (Å²) in [6, 6.07) is 3.42. The first-order chi connectivity index (χ1) is 6.91. The highest BCUT2D eigenvalue weighted by Crippen LogP contribution is 2.26. The smallest absolute Gasteiger partial charge is 0.226 e. The largest absolute Gasteiger partial charge is 0.398 e. The van der Waals surface area contributed by atoms with E-state index in [0.717, 1.165) is 5.56 Å². The van der Waals surface area contributed by atoms with Gasteiger partial charge >= 0.3 is 0 Å². The highest BCUT2D eigenvalue weighted by molar-refractivity contribution is 6.33. The normalized spacial score (nSPS) is 10.5. The van der Waals surface area contributed by atoms with Crippen molar-refractivity contribution >= 4 is 28.9 Å². The summed E-state index contributed by atoms with van der Waals surface area (Å²) in [6.07, 6.45) is 0. The molecule has 1 rings (SSSR count). The number of anilines is 2. The molecule has 82 valence electrons. The summed E-state index contributed by atoms with van der Waals surface area (Å²) in [5, 5.41) is 3.26. The maximum absolute atomic E-state index is 11.5. The molecule has 0 aliphatic heterocycles. The van der Waals surface area contributed by atoms with Crippen molar-refractivity contribution in [2.24, 2.45) is 5.92 Å². The molecule has 0 heterocycles. The lowest BCUT2D eigenvalue weighted by Crippen LogP contribution is -2.18. The number of nitrogens with one attached hydrogen (secondary N) is 1. The second-order valence-corrected chi connectivity index (χ2v) is 4.24. The number of rotatable bonds is 2. The standard InChI is InChI=1S/C11H15ClN2O/c1-6(2)11(15)14-10-5-8(12)9(13)4-7(10)3/h4-6H,13H2,1-3H3,(H,14,15). The van der Waals surface area contributed by atoms with Gasteiger partial charge in [-0.15, -0.1) is 0 Å². The molecule has 0 saturated heterocycles. The second kappa shape index (κ2) is 4.53. The summed E-state index contributed by atoms with van der Waals surface area (Å²) in [4.78, 5) is 11.5. The van der Waals surface area contributed by atoms with Crippen LogP contribution < -0.4 is 11.1 Å². The van der Waals surface area contributed by atoms with Gasteiger partial charge < -0.3 is 11.1 Å². The fraction of sp³-hybridized carbons (Fsp3) is 0.364. The van der Waals surface area contributed by atoms with E-state index in [9.17, 15) is 4.79 Å². The average molecular weight is 227 g/mol. The van der Waals surface area contributed by atoms with Crippen molar-refractivity contribution < 1.29 is 4.79 Å². The van der Waals surface area contributed by atoms with E-state index < -0.39 is 0 Å². The molecule has 3 nitrogen and oxygen atoms in total. The Morgan fingerprint density at radius 2 is 2.07 bits per heavy atom. The minimum absolute atomic E-state index is 0.0288. The molecule has 0 aromatic heterocycles. The number of benzene rings is 1. The van der Waals surface area contributed by atoms with E-state index in [1.165, 1.54) is 0 Å². The van der Waals surface area contributed by atoms with Crippen molar-refractivity contribution in [1.82, 2.24) is 0 Å². The van der Waals surface area contributed by atoms with Gasteiger partial charge in [0.05, 0.1) is 10.7 Å². The van der Waals surface area contributed by atoms with Crippen LogP contribution in [-0.4, -0.2) is 5.91 Å². The zero-order chi connectivity index (χ0) is 11.6. The summed E-state index contributed by atoms with van der Waals surface area (Å²) >= 11 is 5.87. The highest BCUT2D eigenvalue weighted by atomic mass is 35.5. The first kappa shape index (κ1) is 11.9. The van der Waals surface area contributed by atoms with Crippen molar-refractivity contribution in [3.05, 3.63) is 22.7 Å². The number of hydrogen-bond acceptors (Lipinski definition) is 2. The molecule has 3 N–H and O–H groups in total. The molecular formula is C11H15ClN2O. The van der Waals surface area contributed by atoms with Gasteiger partial charge in [0.2, 0.25) is 5.91 Å².